The Bertz CT molecular complexity index is 377. The number of anilines is 1. The minimum atomic E-state index is -0.0372. The van der Waals surface area contributed by atoms with Gasteiger partial charge in [0, 0.05) is 32.1 Å². The minimum absolute atomic E-state index is 0. The van der Waals surface area contributed by atoms with E-state index in [2.05, 4.69) is 15.4 Å². The first-order valence-electron chi connectivity index (χ1n) is 5.77. The highest BCUT2D eigenvalue weighted by Gasteiger charge is 2.12. The van der Waals surface area contributed by atoms with Gasteiger partial charge in [0.25, 0.3) is 0 Å². The Labute approximate surface area is 112 Å². The van der Waals surface area contributed by atoms with Crippen LogP contribution in [0.4, 0.5) is 5.82 Å². The molecule has 1 aliphatic rings. The van der Waals surface area contributed by atoms with Crippen molar-refractivity contribution in [2.75, 3.05) is 38.2 Å². The molecule has 2 heterocycles. The highest BCUT2D eigenvalue weighted by molar-refractivity contribution is 5.89. The van der Waals surface area contributed by atoms with Gasteiger partial charge in [-0.1, -0.05) is 5.16 Å². The summed E-state index contributed by atoms with van der Waals surface area (Å²) in [6.07, 6.45) is 0.464. The Balaban J connectivity index is 0.00000162. The van der Waals surface area contributed by atoms with Crippen molar-refractivity contribution >= 4 is 24.1 Å². The molecule has 0 saturated carbocycles. The van der Waals surface area contributed by atoms with Gasteiger partial charge in [0.05, 0.1) is 13.2 Å². The predicted octanol–water partition coefficient (Wildman–Crippen LogP) is 1.07. The van der Waals surface area contributed by atoms with Crippen LogP contribution in [0.15, 0.2) is 10.6 Å². The summed E-state index contributed by atoms with van der Waals surface area (Å²) in [5.74, 6) is 1.13. The molecule has 1 amide bonds. The Kier molecular flexibility index (Phi) is 6.11. The Morgan fingerprint density at radius 1 is 1.50 bits per heavy atom. The number of ether oxygens (including phenoxy) is 1. The number of hydrogen-bond acceptors (Lipinski definition) is 5. The average Bonchev–Trinajstić information content (AvgIpc) is 2.73. The summed E-state index contributed by atoms with van der Waals surface area (Å²) in [5, 5.41) is 6.41. The van der Waals surface area contributed by atoms with Crippen molar-refractivity contribution in [1.29, 1.82) is 0 Å². The molecule has 0 atom stereocenters. The van der Waals surface area contributed by atoms with Gasteiger partial charge in [-0.3, -0.25) is 9.69 Å². The normalized spacial score (nSPS) is 16.1. The maximum absolute atomic E-state index is 11.6. The van der Waals surface area contributed by atoms with E-state index in [1.54, 1.807) is 13.0 Å². The van der Waals surface area contributed by atoms with Crippen LogP contribution in [0.25, 0.3) is 0 Å². The summed E-state index contributed by atoms with van der Waals surface area (Å²) in [5.41, 5.74) is 0. The lowest BCUT2D eigenvalue weighted by Crippen LogP contribution is -2.38. The molecule has 1 N–H and O–H groups in total. The molecule has 102 valence electrons. The molecule has 0 unspecified atom stereocenters. The third-order valence-corrected chi connectivity index (χ3v) is 2.65. The van der Waals surface area contributed by atoms with E-state index in [0.717, 1.165) is 32.8 Å². The van der Waals surface area contributed by atoms with Gasteiger partial charge in [-0.15, -0.1) is 12.4 Å². The van der Waals surface area contributed by atoms with Gasteiger partial charge in [-0.2, -0.15) is 0 Å². The van der Waals surface area contributed by atoms with Crippen LogP contribution in [0.5, 0.6) is 0 Å². The van der Waals surface area contributed by atoms with Crippen LogP contribution >= 0.6 is 12.4 Å². The number of amides is 1. The van der Waals surface area contributed by atoms with Crippen molar-refractivity contribution in [3.05, 3.63) is 11.8 Å². The van der Waals surface area contributed by atoms with Crippen LogP contribution < -0.4 is 5.32 Å². The van der Waals surface area contributed by atoms with Crippen LogP contribution in [0, 0.1) is 6.92 Å². The molecule has 1 aromatic heterocycles. The van der Waals surface area contributed by atoms with Crippen molar-refractivity contribution in [1.82, 2.24) is 10.1 Å². The first-order valence-corrected chi connectivity index (χ1v) is 5.77. The number of nitrogens with one attached hydrogen (secondary N) is 1. The molecule has 1 aromatic rings. The fraction of sp³-hybridized carbons (Fsp3) is 0.636. The van der Waals surface area contributed by atoms with E-state index < -0.39 is 0 Å². The minimum Gasteiger partial charge on any atom is -0.379 e. The van der Waals surface area contributed by atoms with Crippen molar-refractivity contribution in [2.45, 2.75) is 13.3 Å². The van der Waals surface area contributed by atoms with E-state index in [-0.39, 0.29) is 18.3 Å². The van der Waals surface area contributed by atoms with Gasteiger partial charge in [0.1, 0.15) is 5.76 Å². The summed E-state index contributed by atoms with van der Waals surface area (Å²) in [6, 6.07) is 1.70. The highest BCUT2D eigenvalue weighted by Crippen LogP contribution is 2.07. The lowest BCUT2D eigenvalue weighted by molar-refractivity contribution is -0.116. The Hall–Kier alpha value is -1.11. The van der Waals surface area contributed by atoms with Crippen molar-refractivity contribution in [3.63, 3.8) is 0 Å². The number of hydrogen-bond donors (Lipinski definition) is 1. The SMILES string of the molecule is Cc1cc(NC(=O)CCN2CCOCC2)no1.Cl. The largest absolute Gasteiger partial charge is 0.379 e. The quantitative estimate of drug-likeness (QED) is 0.890. The zero-order chi connectivity index (χ0) is 12.1. The van der Waals surface area contributed by atoms with Gasteiger partial charge in [-0.25, -0.2) is 0 Å². The summed E-state index contributed by atoms with van der Waals surface area (Å²) in [4.78, 5) is 13.8. The number of carbonyl (C=O) groups excluding carboxylic acids is 1. The number of aromatic nitrogens is 1. The molecule has 18 heavy (non-hydrogen) atoms. The topological polar surface area (TPSA) is 67.6 Å². The number of carbonyl (C=O) groups is 1. The van der Waals surface area contributed by atoms with Crippen LogP contribution in [-0.4, -0.2) is 48.8 Å². The fourth-order valence-corrected chi connectivity index (χ4v) is 1.72. The lowest BCUT2D eigenvalue weighted by atomic mass is 10.3. The predicted molar refractivity (Wildman–Crippen MR) is 69.0 cm³/mol. The lowest BCUT2D eigenvalue weighted by Gasteiger charge is -2.26. The Morgan fingerprint density at radius 2 is 2.22 bits per heavy atom. The second-order valence-corrected chi connectivity index (χ2v) is 4.07. The number of aryl methyl sites for hydroxylation is 1. The zero-order valence-electron chi connectivity index (χ0n) is 10.3. The van der Waals surface area contributed by atoms with Crippen LogP contribution in [0.2, 0.25) is 0 Å². The van der Waals surface area contributed by atoms with E-state index in [9.17, 15) is 4.79 Å². The van der Waals surface area contributed by atoms with Gasteiger partial charge in [0.2, 0.25) is 5.91 Å². The average molecular weight is 276 g/mol. The third kappa shape index (κ3) is 4.64. The van der Waals surface area contributed by atoms with Crippen molar-refractivity contribution in [2.24, 2.45) is 0 Å². The molecule has 1 fully saturated rings. The maximum atomic E-state index is 11.6. The molecule has 0 aromatic carbocycles. The van der Waals surface area contributed by atoms with Gasteiger partial charge in [-0.05, 0) is 6.92 Å². The fourth-order valence-electron chi connectivity index (χ4n) is 1.72. The first-order chi connectivity index (χ1) is 8.24. The number of nitrogens with zero attached hydrogens (tertiary/aromatic N) is 2. The standard InChI is InChI=1S/C11H17N3O3.ClH/c1-9-8-10(13-17-9)12-11(15)2-3-14-4-6-16-7-5-14;/h8H,2-7H2,1H3,(H,12,13,15);1H. The second-order valence-electron chi connectivity index (χ2n) is 4.07. The van der Waals surface area contributed by atoms with Crippen LogP contribution in [0.3, 0.4) is 0 Å². The number of morpholine rings is 1. The zero-order valence-corrected chi connectivity index (χ0v) is 11.2. The summed E-state index contributed by atoms with van der Waals surface area (Å²) in [7, 11) is 0. The van der Waals surface area contributed by atoms with Gasteiger partial charge < -0.3 is 14.6 Å². The molecular formula is C11H18ClN3O3. The summed E-state index contributed by atoms with van der Waals surface area (Å²) < 4.78 is 10.1. The molecule has 1 saturated heterocycles. The van der Waals surface area contributed by atoms with Gasteiger partial charge >= 0.3 is 0 Å². The molecule has 7 heteroatoms. The maximum Gasteiger partial charge on any atom is 0.226 e. The van der Waals surface area contributed by atoms with Crippen LogP contribution in [-0.2, 0) is 9.53 Å². The Morgan fingerprint density at radius 3 is 2.83 bits per heavy atom. The van der Waals surface area contributed by atoms with E-state index >= 15 is 0 Å². The molecule has 6 nitrogen and oxygen atoms in total. The molecule has 0 radical (unpaired) electrons. The molecule has 0 bridgehead atoms. The molecule has 0 aliphatic carbocycles. The van der Waals surface area contributed by atoms with E-state index in [1.165, 1.54) is 0 Å². The van der Waals surface area contributed by atoms with E-state index in [0.29, 0.717) is 18.0 Å². The van der Waals surface area contributed by atoms with Crippen molar-refractivity contribution < 1.29 is 14.1 Å². The smallest absolute Gasteiger partial charge is 0.226 e. The van der Waals surface area contributed by atoms with Crippen LogP contribution in [0.1, 0.15) is 12.2 Å². The number of halogens is 1. The second kappa shape index (κ2) is 7.35. The van der Waals surface area contributed by atoms with Gasteiger partial charge in [0.15, 0.2) is 5.82 Å². The van der Waals surface area contributed by atoms with E-state index in [1.807, 2.05) is 0 Å². The molecule has 1 aliphatic heterocycles. The summed E-state index contributed by atoms with van der Waals surface area (Å²) in [6.45, 7) is 5.85. The molecule has 0 spiro atoms. The molecular weight excluding hydrogens is 258 g/mol. The number of rotatable bonds is 4. The van der Waals surface area contributed by atoms with E-state index in [4.69, 9.17) is 9.26 Å². The third-order valence-electron chi connectivity index (χ3n) is 2.65. The molecule has 2 rings (SSSR count). The first kappa shape index (κ1) is 14.9. The van der Waals surface area contributed by atoms with Crippen molar-refractivity contribution in [3.8, 4) is 0 Å². The highest BCUT2D eigenvalue weighted by atomic mass is 35.5. The monoisotopic (exact) mass is 275 g/mol. The summed E-state index contributed by atoms with van der Waals surface area (Å²) >= 11 is 0.